The molecule has 0 aliphatic carbocycles. The maximum Gasteiger partial charge on any atom is 0.191 e. The van der Waals surface area contributed by atoms with Crippen LogP contribution in [0.3, 0.4) is 0 Å². The molecular weight excluding hydrogens is 485 g/mol. The summed E-state index contributed by atoms with van der Waals surface area (Å²) < 4.78 is 11.6. The molecule has 1 unspecified atom stereocenters. The number of nitrogens with one attached hydrogen (secondary N) is 2. The highest BCUT2D eigenvalue weighted by Gasteiger charge is 2.11. The summed E-state index contributed by atoms with van der Waals surface area (Å²) in [4.78, 5) is 4.66. The minimum atomic E-state index is 0. The van der Waals surface area contributed by atoms with Crippen molar-refractivity contribution in [1.82, 2.24) is 10.6 Å². The van der Waals surface area contributed by atoms with Crippen LogP contribution in [0.2, 0.25) is 0 Å². The molecule has 24 heavy (non-hydrogen) atoms. The third-order valence-corrected chi connectivity index (χ3v) is 4.21. The van der Waals surface area contributed by atoms with Gasteiger partial charge in [-0.25, -0.2) is 4.99 Å². The molecule has 1 atom stereocenters. The molecule has 5 nitrogen and oxygen atoms in total. The van der Waals surface area contributed by atoms with Crippen LogP contribution in [0.15, 0.2) is 21.6 Å². The summed E-state index contributed by atoms with van der Waals surface area (Å²) in [5.41, 5.74) is 1.05. The fraction of sp³-hybridized carbons (Fsp3) is 0.588. The Bertz CT molecular complexity index is 539. The molecule has 0 aromatic heterocycles. The van der Waals surface area contributed by atoms with Crippen LogP contribution in [-0.4, -0.2) is 32.8 Å². The fourth-order valence-electron chi connectivity index (χ4n) is 1.94. The fourth-order valence-corrected chi connectivity index (χ4v) is 2.59. The second-order valence-electron chi connectivity index (χ2n) is 5.69. The van der Waals surface area contributed by atoms with Crippen LogP contribution in [0.25, 0.3) is 0 Å². The van der Waals surface area contributed by atoms with E-state index in [0.29, 0.717) is 30.0 Å². The predicted octanol–water partition coefficient (Wildman–Crippen LogP) is 4.18. The van der Waals surface area contributed by atoms with E-state index in [4.69, 9.17) is 9.47 Å². The van der Waals surface area contributed by atoms with Crippen LogP contribution < -0.4 is 20.1 Å². The number of aliphatic imine (C=N–C) groups is 1. The maximum atomic E-state index is 5.37. The molecule has 0 fully saturated rings. The van der Waals surface area contributed by atoms with E-state index in [2.05, 4.69) is 59.3 Å². The lowest BCUT2D eigenvalue weighted by Gasteiger charge is -2.20. The van der Waals surface area contributed by atoms with Crippen LogP contribution in [0.5, 0.6) is 11.5 Å². The summed E-state index contributed by atoms with van der Waals surface area (Å²) in [6, 6.07) is 4.30. The SMILES string of the molecule is CCNC(=NCc1cc(Br)c(OC)c(OC)c1)NC(C)C(C)C.I. The molecule has 138 valence electrons. The summed E-state index contributed by atoms with van der Waals surface area (Å²) in [6.07, 6.45) is 0. The van der Waals surface area contributed by atoms with Crippen LogP contribution in [0.4, 0.5) is 0 Å². The van der Waals surface area contributed by atoms with Gasteiger partial charge in [-0.05, 0) is 53.4 Å². The number of halogens is 2. The molecule has 1 aromatic rings. The van der Waals surface area contributed by atoms with Crippen LogP contribution in [0, 0.1) is 5.92 Å². The molecule has 1 aromatic carbocycles. The van der Waals surface area contributed by atoms with Gasteiger partial charge in [0.2, 0.25) is 0 Å². The van der Waals surface area contributed by atoms with Gasteiger partial charge in [0, 0.05) is 12.6 Å². The highest BCUT2D eigenvalue weighted by atomic mass is 127. The van der Waals surface area contributed by atoms with E-state index in [0.717, 1.165) is 22.5 Å². The van der Waals surface area contributed by atoms with E-state index in [1.165, 1.54) is 0 Å². The molecule has 0 radical (unpaired) electrons. The van der Waals surface area contributed by atoms with Crippen molar-refractivity contribution in [2.45, 2.75) is 40.3 Å². The Morgan fingerprint density at radius 3 is 2.38 bits per heavy atom. The van der Waals surface area contributed by atoms with Crippen molar-refractivity contribution < 1.29 is 9.47 Å². The Balaban J connectivity index is 0.00000529. The first kappa shape index (κ1) is 23.3. The summed E-state index contributed by atoms with van der Waals surface area (Å²) in [5, 5.41) is 6.70. The third-order valence-electron chi connectivity index (χ3n) is 3.62. The number of guanidine groups is 1. The zero-order valence-corrected chi connectivity index (χ0v) is 19.2. The zero-order chi connectivity index (χ0) is 17.4. The molecule has 0 saturated heterocycles. The number of hydrogen-bond donors (Lipinski definition) is 2. The van der Waals surface area contributed by atoms with Crippen LogP contribution in [0.1, 0.15) is 33.3 Å². The van der Waals surface area contributed by atoms with Crippen molar-refractivity contribution in [3.63, 3.8) is 0 Å². The molecule has 0 heterocycles. The van der Waals surface area contributed by atoms with Crippen molar-refractivity contribution in [2.75, 3.05) is 20.8 Å². The molecule has 0 spiro atoms. The molecule has 2 N–H and O–H groups in total. The van der Waals surface area contributed by atoms with Crippen molar-refractivity contribution in [3.8, 4) is 11.5 Å². The molecular formula is C17H29BrIN3O2. The quantitative estimate of drug-likeness (QED) is 0.326. The van der Waals surface area contributed by atoms with Gasteiger partial charge in [-0.2, -0.15) is 0 Å². The topological polar surface area (TPSA) is 54.9 Å². The van der Waals surface area contributed by atoms with E-state index >= 15 is 0 Å². The number of rotatable bonds is 7. The maximum absolute atomic E-state index is 5.37. The minimum Gasteiger partial charge on any atom is -0.493 e. The van der Waals surface area contributed by atoms with Crippen LogP contribution in [-0.2, 0) is 6.54 Å². The molecule has 0 bridgehead atoms. The first-order valence-corrected chi connectivity index (χ1v) is 8.67. The van der Waals surface area contributed by atoms with Gasteiger partial charge in [0.05, 0.1) is 25.2 Å². The van der Waals surface area contributed by atoms with Gasteiger partial charge in [-0.15, -0.1) is 24.0 Å². The smallest absolute Gasteiger partial charge is 0.191 e. The number of ether oxygens (including phenoxy) is 2. The first-order valence-electron chi connectivity index (χ1n) is 7.88. The van der Waals surface area contributed by atoms with Crippen molar-refractivity contribution in [2.24, 2.45) is 10.9 Å². The number of hydrogen-bond acceptors (Lipinski definition) is 3. The summed E-state index contributed by atoms with van der Waals surface area (Å²) >= 11 is 3.51. The Hall–Kier alpha value is -0.700. The average Bonchev–Trinajstić information content (AvgIpc) is 2.51. The second-order valence-corrected chi connectivity index (χ2v) is 6.54. The monoisotopic (exact) mass is 513 g/mol. The molecule has 0 aliphatic rings. The minimum absolute atomic E-state index is 0. The van der Waals surface area contributed by atoms with E-state index in [9.17, 15) is 0 Å². The van der Waals surface area contributed by atoms with E-state index in [-0.39, 0.29) is 24.0 Å². The lowest BCUT2D eigenvalue weighted by atomic mass is 10.1. The number of benzene rings is 1. The van der Waals surface area contributed by atoms with Gasteiger partial charge in [0.1, 0.15) is 0 Å². The third kappa shape index (κ3) is 7.04. The second kappa shape index (κ2) is 11.8. The highest BCUT2D eigenvalue weighted by Crippen LogP contribution is 2.36. The van der Waals surface area contributed by atoms with Gasteiger partial charge < -0.3 is 20.1 Å². The normalized spacial score (nSPS) is 12.4. The van der Waals surface area contributed by atoms with E-state index in [1.807, 2.05) is 12.1 Å². The lowest BCUT2D eigenvalue weighted by molar-refractivity contribution is 0.352. The highest BCUT2D eigenvalue weighted by molar-refractivity contribution is 14.0. The summed E-state index contributed by atoms with van der Waals surface area (Å²) in [7, 11) is 3.26. The van der Waals surface area contributed by atoms with E-state index < -0.39 is 0 Å². The van der Waals surface area contributed by atoms with Crippen LogP contribution >= 0.6 is 39.9 Å². The molecule has 1 rings (SSSR count). The lowest BCUT2D eigenvalue weighted by Crippen LogP contribution is -2.44. The van der Waals surface area contributed by atoms with Gasteiger partial charge in [-0.3, -0.25) is 0 Å². The average molecular weight is 514 g/mol. The summed E-state index contributed by atoms with van der Waals surface area (Å²) in [6.45, 7) is 9.97. The van der Waals surface area contributed by atoms with Gasteiger partial charge in [-0.1, -0.05) is 13.8 Å². The first-order chi connectivity index (χ1) is 10.9. The summed E-state index contributed by atoms with van der Waals surface area (Å²) in [5.74, 6) is 2.74. The van der Waals surface area contributed by atoms with Crippen molar-refractivity contribution in [3.05, 3.63) is 22.2 Å². The Morgan fingerprint density at radius 2 is 1.88 bits per heavy atom. The molecule has 0 amide bonds. The zero-order valence-electron chi connectivity index (χ0n) is 15.3. The van der Waals surface area contributed by atoms with Gasteiger partial charge in [0.15, 0.2) is 17.5 Å². The molecule has 0 aliphatic heterocycles. The standard InChI is InChI=1S/C17H28BrN3O2.HI/c1-7-19-17(21-12(4)11(2)3)20-10-13-8-14(18)16(23-6)15(9-13)22-5;/h8-9,11-12H,7,10H2,1-6H3,(H2,19,20,21);1H. The largest absolute Gasteiger partial charge is 0.493 e. The van der Waals surface area contributed by atoms with Crippen molar-refractivity contribution >= 4 is 45.9 Å². The van der Waals surface area contributed by atoms with Crippen molar-refractivity contribution in [1.29, 1.82) is 0 Å². The Labute approximate surface area is 171 Å². The van der Waals surface area contributed by atoms with Gasteiger partial charge in [0.25, 0.3) is 0 Å². The molecule has 7 heteroatoms. The Kier molecular flexibility index (Phi) is 11.4. The Morgan fingerprint density at radius 1 is 1.21 bits per heavy atom. The predicted molar refractivity (Wildman–Crippen MR) is 115 cm³/mol. The van der Waals surface area contributed by atoms with Gasteiger partial charge >= 0.3 is 0 Å². The number of nitrogens with zero attached hydrogens (tertiary/aromatic N) is 1. The molecule has 0 saturated carbocycles. The number of methoxy groups -OCH3 is 2. The van der Waals surface area contributed by atoms with E-state index in [1.54, 1.807) is 14.2 Å².